The zero-order chi connectivity index (χ0) is 20.2. The number of unbranched alkanes of at least 4 members (excludes halogenated alkanes) is 1. The van der Waals surface area contributed by atoms with Crippen LogP contribution in [-0.4, -0.2) is 12.1 Å². The molecule has 0 aliphatic rings. The first-order valence-electron chi connectivity index (χ1n) is 9.87. The molecule has 0 amide bonds. The molecule has 0 bridgehead atoms. The number of nitrogens with two attached hydrogens (primary N) is 3. The molecule has 0 aromatic heterocycles. The average molecular weight is 374 g/mol. The highest BCUT2D eigenvalue weighted by molar-refractivity contribution is 7.11. The highest BCUT2D eigenvalue weighted by Gasteiger charge is 2.28. The molecular formula is C23H31BN4. The monoisotopic (exact) mass is 374 g/mol. The summed E-state index contributed by atoms with van der Waals surface area (Å²) in [4.78, 5) is 0. The van der Waals surface area contributed by atoms with Crippen molar-refractivity contribution < 1.29 is 5.43 Å². The summed E-state index contributed by atoms with van der Waals surface area (Å²) in [6.45, 7) is 2.28. The lowest BCUT2D eigenvalue weighted by molar-refractivity contribution is -0.555. The fourth-order valence-corrected chi connectivity index (χ4v) is 3.93. The van der Waals surface area contributed by atoms with Crippen LogP contribution in [0.1, 0.15) is 19.8 Å². The maximum Gasteiger partial charge on any atom is 0.308 e. The second-order valence-electron chi connectivity index (χ2n) is 7.04. The van der Waals surface area contributed by atoms with Crippen molar-refractivity contribution in [3.63, 3.8) is 0 Å². The summed E-state index contributed by atoms with van der Waals surface area (Å²) in [5, 5.41) is 6.34. The molecule has 146 valence electrons. The normalized spacial score (nSPS) is 10.6. The molecule has 0 radical (unpaired) electrons. The lowest BCUT2D eigenvalue weighted by atomic mass is 9.14. The Hall–Kier alpha value is -2.89. The zero-order valence-corrected chi connectivity index (χ0v) is 16.6. The third-order valence-electron chi connectivity index (χ3n) is 5.28. The SMILES string of the molecule is CCCC[B-](c1ccccc1)(c1ccccc1)c1ccccc1.N=C(N)[NH2+]N. The topological polar surface area (TPSA) is 92.5 Å². The van der Waals surface area contributed by atoms with E-state index in [1.165, 1.54) is 35.6 Å². The molecule has 5 heteroatoms. The van der Waals surface area contributed by atoms with Gasteiger partial charge in [0.05, 0.1) is 6.15 Å². The Morgan fingerprint density at radius 2 is 1.11 bits per heavy atom. The quantitative estimate of drug-likeness (QED) is 0.172. The van der Waals surface area contributed by atoms with Crippen molar-refractivity contribution in [3.8, 4) is 0 Å². The van der Waals surface area contributed by atoms with Crippen molar-refractivity contribution in [3.05, 3.63) is 91.0 Å². The van der Waals surface area contributed by atoms with Crippen LogP contribution in [0.15, 0.2) is 91.0 Å². The molecule has 0 spiro atoms. The summed E-state index contributed by atoms with van der Waals surface area (Å²) in [5.41, 5.74) is 10.1. The zero-order valence-electron chi connectivity index (χ0n) is 16.6. The Kier molecular flexibility index (Phi) is 8.47. The standard InChI is InChI=1S/C22H24B.CH6N4/c1-2-3-19-23(20-13-7-4-8-14-20,21-15-9-5-10-16-21)22-17-11-6-12-18-22;2-1(3)5-4/h4-18H,2-3,19H2,1H3;4H2,(H4,2,3,5)/q-1;/p+1. The molecule has 0 heterocycles. The minimum atomic E-state index is -0.913. The third-order valence-corrected chi connectivity index (χ3v) is 5.28. The van der Waals surface area contributed by atoms with Gasteiger partial charge in [-0.3, -0.25) is 0 Å². The molecule has 0 aliphatic carbocycles. The van der Waals surface area contributed by atoms with Crippen LogP contribution < -0.4 is 33.4 Å². The molecule has 7 N–H and O–H groups in total. The van der Waals surface area contributed by atoms with Gasteiger partial charge in [0.25, 0.3) is 0 Å². The van der Waals surface area contributed by atoms with Crippen LogP contribution in [0.3, 0.4) is 0 Å². The van der Waals surface area contributed by atoms with Gasteiger partial charge in [-0.05, 0) is 0 Å². The molecule has 3 aromatic carbocycles. The van der Waals surface area contributed by atoms with Crippen molar-refractivity contribution in [2.75, 3.05) is 0 Å². The van der Waals surface area contributed by atoms with Gasteiger partial charge in [0.15, 0.2) is 0 Å². The van der Waals surface area contributed by atoms with Crippen LogP contribution in [0.4, 0.5) is 0 Å². The fraction of sp³-hybridized carbons (Fsp3) is 0.174. The molecule has 0 fully saturated rings. The van der Waals surface area contributed by atoms with E-state index in [4.69, 9.17) is 17.0 Å². The second-order valence-corrected chi connectivity index (χ2v) is 7.04. The van der Waals surface area contributed by atoms with Gasteiger partial charge in [0.2, 0.25) is 0 Å². The number of rotatable bonds is 6. The van der Waals surface area contributed by atoms with E-state index in [1.807, 2.05) is 0 Å². The molecule has 0 saturated heterocycles. The van der Waals surface area contributed by atoms with Crippen LogP contribution in [0.25, 0.3) is 0 Å². The minimum absolute atomic E-state index is 0.0926. The number of guanidine groups is 1. The van der Waals surface area contributed by atoms with E-state index in [0.29, 0.717) is 0 Å². The highest BCUT2D eigenvalue weighted by Crippen LogP contribution is 2.16. The van der Waals surface area contributed by atoms with E-state index in [2.05, 4.69) is 97.9 Å². The number of benzene rings is 3. The van der Waals surface area contributed by atoms with E-state index >= 15 is 0 Å². The van der Waals surface area contributed by atoms with E-state index < -0.39 is 6.15 Å². The number of nitrogens with one attached hydrogen (secondary N) is 1. The average Bonchev–Trinajstić information content (AvgIpc) is 2.77. The third kappa shape index (κ3) is 5.32. The van der Waals surface area contributed by atoms with Crippen LogP contribution in [0.5, 0.6) is 0 Å². The summed E-state index contributed by atoms with van der Waals surface area (Å²) < 4.78 is 0. The van der Waals surface area contributed by atoms with Crippen LogP contribution in [0, 0.1) is 5.41 Å². The summed E-state index contributed by atoms with van der Waals surface area (Å²) >= 11 is 0. The van der Waals surface area contributed by atoms with Crippen molar-refractivity contribution >= 4 is 28.5 Å². The van der Waals surface area contributed by atoms with Gasteiger partial charge < -0.3 is 5.73 Å². The number of hydrogen-bond donors (Lipinski definition) is 4. The van der Waals surface area contributed by atoms with E-state index in [-0.39, 0.29) is 5.96 Å². The largest absolute Gasteiger partial charge is 0.337 e. The molecule has 4 nitrogen and oxygen atoms in total. The molecule has 3 rings (SSSR count). The van der Waals surface area contributed by atoms with E-state index in [1.54, 1.807) is 0 Å². The molecule has 28 heavy (non-hydrogen) atoms. The van der Waals surface area contributed by atoms with Crippen molar-refractivity contribution in [2.45, 2.75) is 26.1 Å². The number of quaternary nitrogens is 1. The van der Waals surface area contributed by atoms with E-state index in [0.717, 1.165) is 5.43 Å². The first-order chi connectivity index (χ1) is 13.6. The summed E-state index contributed by atoms with van der Waals surface area (Å²) in [6.07, 6.45) is 2.73. The highest BCUT2D eigenvalue weighted by atomic mass is 15.3. The van der Waals surface area contributed by atoms with Gasteiger partial charge >= 0.3 is 5.96 Å². The first-order valence-corrected chi connectivity index (χ1v) is 9.87. The molecule has 0 unspecified atom stereocenters. The van der Waals surface area contributed by atoms with Gasteiger partial charge in [-0.15, -0.1) is 0 Å². The Labute approximate surface area is 168 Å². The fourth-order valence-electron chi connectivity index (χ4n) is 3.93. The molecule has 0 saturated carbocycles. The lowest BCUT2D eigenvalue weighted by Gasteiger charge is -2.43. The summed E-state index contributed by atoms with van der Waals surface area (Å²) in [6, 6.07) is 33.2. The van der Waals surface area contributed by atoms with Gasteiger partial charge in [-0.25, -0.2) is 10.8 Å². The second kappa shape index (κ2) is 11.1. The smallest absolute Gasteiger partial charge is 0.308 e. The van der Waals surface area contributed by atoms with Gasteiger partial charge in [-0.2, -0.15) is 28.6 Å². The lowest BCUT2D eigenvalue weighted by Crippen LogP contribution is -2.96. The van der Waals surface area contributed by atoms with Crippen LogP contribution in [-0.2, 0) is 0 Å². The molecular weight excluding hydrogens is 343 g/mol. The molecule has 0 aliphatic heterocycles. The minimum Gasteiger partial charge on any atom is -0.337 e. The van der Waals surface area contributed by atoms with E-state index in [9.17, 15) is 0 Å². The maximum absolute atomic E-state index is 6.34. The maximum atomic E-state index is 6.34. The van der Waals surface area contributed by atoms with Gasteiger partial charge in [0, 0.05) is 0 Å². The summed E-state index contributed by atoms with van der Waals surface area (Å²) in [7, 11) is 0. The van der Waals surface area contributed by atoms with Crippen molar-refractivity contribution in [2.24, 2.45) is 11.6 Å². The summed E-state index contributed by atoms with van der Waals surface area (Å²) in [5.74, 6) is 4.60. The Bertz CT molecular complexity index is 726. The molecule has 0 atom stereocenters. The Balaban J connectivity index is 0.000000500. The van der Waals surface area contributed by atoms with Gasteiger partial charge in [0.1, 0.15) is 0 Å². The predicted molar refractivity (Wildman–Crippen MR) is 122 cm³/mol. The van der Waals surface area contributed by atoms with Crippen molar-refractivity contribution in [1.29, 1.82) is 5.41 Å². The molecule has 3 aromatic rings. The predicted octanol–water partition coefficient (Wildman–Crippen LogP) is 1.27. The van der Waals surface area contributed by atoms with Crippen LogP contribution in [0.2, 0.25) is 6.32 Å². The van der Waals surface area contributed by atoms with Crippen LogP contribution >= 0.6 is 0 Å². The van der Waals surface area contributed by atoms with Gasteiger partial charge in [-0.1, -0.05) is 111 Å². The Morgan fingerprint density at radius 1 is 0.786 bits per heavy atom. The van der Waals surface area contributed by atoms with Crippen molar-refractivity contribution in [1.82, 2.24) is 0 Å². The Morgan fingerprint density at radius 3 is 1.36 bits per heavy atom. The number of hydrogen-bond acceptors (Lipinski definition) is 2. The first kappa shape index (κ1) is 21.4.